The Labute approximate surface area is 133 Å². The molecule has 0 aliphatic heterocycles. The van der Waals surface area contributed by atoms with Gasteiger partial charge in [-0.2, -0.15) is 0 Å². The van der Waals surface area contributed by atoms with Crippen LogP contribution in [-0.2, 0) is 0 Å². The zero-order chi connectivity index (χ0) is 14.0. The number of nitrogens with one attached hydrogen (secondary N) is 1. The van der Waals surface area contributed by atoms with Gasteiger partial charge in [0.05, 0.1) is 26.3 Å². The van der Waals surface area contributed by atoms with E-state index in [1.165, 1.54) is 18.5 Å². The Balaban J connectivity index is 2.32. The lowest BCUT2D eigenvalue weighted by molar-refractivity contribution is 0.102. The predicted octanol–water partition coefficient (Wildman–Crippen LogP) is 5.06. The smallest absolute Gasteiger partial charge is 0.257 e. The number of pyridine rings is 1. The van der Waals surface area contributed by atoms with Gasteiger partial charge in [0.15, 0.2) is 0 Å². The first-order valence-corrected chi connectivity index (χ1v) is 6.97. The number of carbonyl (C=O) groups excluding carboxylic acids is 1. The van der Waals surface area contributed by atoms with Crippen LogP contribution in [0.1, 0.15) is 10.4 Å². The van der Waals surface area contributed by atoms with Crippen LogP contribution < -0.4 is 5.32 Å². The van der Waals surface area contributed by atoms with E-state index in [4.69, 9.17) is 34.8 Å². The van der Waals surface area contributed by atoms with E-state index in [1.807, 2.05) is 0 Å². The molecule has 19 heavy (non-hydrogen) atoms. The molecular weight excluding hydrogens is 374 g/mol. The molecule has 7 heteroatoms. The monoisotopic (exact) mass is 378 g/mol. The Morgan fingerprint density at radius 2 is 1.79 bits per heavy atom. The molecule has 2 aromatic rings. The van der Waals surface area contributed by atoms with E-state index < -0.39 is 5.91 Å². The maximum atomic E-state index is 12.1. The van der Waals surface area contributed by atoms with Crippen LogP contribution in [0.25, 0.3) is 0 Å². The van der Waals surface area contributed by atoms with Crippen molar-refractivity contribution in [3.8, 4) is 0 Å². The highest BCUT2D eigenvalue weighted by atomic mass is 79.9. The van der Waals surface area contributed by atoms with E-state index >= 15 is 0 Å². The lowest BCUT2D eigenvalue weighted by Crippen LogP contribution is -2.13. The summed E-state index contributed by atoms with van der Waals surface area (Å²) in [5, 5.41) is 3.54. The van der Waals surface area contributed by atoms with Crippen molar-refractivity contribution in [3.05, 3.63) is 55.7 Å². The van der Waals surface area contributed by atoms with Crippen LogP contribution in [0.3, 0.4) is 0 Å². The molecule has 0 aliphatic carbocycles. The number of carbonyl (C=O) groups is 1. The van der Waals surface area contributed by atoms with Gasteiger partial charge in [0, 0.05) is 16.9 Å². The summed E-state index contributed by atoms with van der Waals surface area (Å²) in [7, 11) is 0. The molecule has 2 rings (SSSR count). The number of benzene rings is 1. The first-order valence-electron chi connectivity index (χ1n) is 5.04. The quantitative estimate of drug-likeness (QED) is 0.792. The largest absolute Gasteiger partial charge is 0.319 e. The highest BCUT2D eigenvalue weighted by Gasteiger charge is 2.14. The number of rotatable bonds is 2. The summed E-state index contributed by atoms with van der Waals surface area (Å²) in [4.78, 5) is 15.9. The van der Waals surface area contributed by atoms with Crippen LogP contribution in [0.5, 0.6) is 0 Å². The molecule has 1 aromatic heterocycles. The van der Waals surface area contributed by atoms with E-state index in [0.29, 0.717) is 21.3 Å². The van der Waals surface area contributed by atoms with E-state index in [1.54, 1.807) is 12.1 Å². The fourth-order valence-electron chi connectivity index (χ4n) is 1.40. The molecule has 0 fully saturated rings. The average molecular weight is 380 g/mol. The maximum Gasteiger partial charge on any atom is 0.257 e. The zero-order valence-corrected chi connectivity index (χ0v) is 13.1. The number of halogens is 4. The molecule has 1 heterocycles. The third kappa shape index (κ3) is 3.39. The number of hydrogen-bond acceptors (Lipinski definition) is 2. The van der Waals surface area contributed by atoms with Crippen LogP contribution in [0.2, 0.25) is 15.1 Å². The fourth-order valence-corrected chi connectivity index (χ4v) is 2.91. The van der Waals surface area contributed by atoms with Gasteiger partial charge >= 0.3 is 0 Å². The SMILES string of the molecule is O=C(Nc1c(Cl)cc(Br)cc1Cl)c1ccncc1Cl. The molecule has 1 N–H and O–H groups in total. The van der Waals surface area contributed by atoms with Crippen LogP contribution in [0.15, 0.2) is 35.1 Å². The van der Waals surface area contributed by atoms with Gasteiger partial charge in [-0.25, -0.2) is 0 Å². The van der Waals surface area contributed by atoms with E-state index in [9.17, 15) is 4.79 Å². The molecule has 0 bridgehead atoms. The molecule has 0 aliphatic rings. The summed E-state index contributed by atoms with van der Waals surface area (Å²) in [6.07, 6.45) is 2.87. The minimum Gasteiger partial charge on any atom is -0.319 e. The Kier molecular flexibility index (Phi) is 4.68. The third-order valence-electron chi connectivity index (χ3n) is 2.26. The van der Waals surface area contributed by atoms with Crippen LogP contribution in [0.4, 0.5) is 5.69 Å². The minimum absolute atomic E-state index is 0.254. The molecule has 3 nitrogen and oxygen atoms in total. The highest BCUT2D eigenvalue weighted by Crippen LogP contribution is 2.34. The van der Waals surface area contributed by atoms with Crippen molar-refractivity contribution >= 4 is 62.3 Å². The molecule has 0 spiro atoms. The van der Waals surface area contributed by atoms with E-state index in [-0.39, 0.29) is 5.02 Å². The van der Waals surface area contributed by atoms with Crippen molar-refractivity contribution < 1.29 is 4.79 Å². The predicted molar refractivity (Wildman–Crippen MR) is 81.4 cm³/mol. The molecule has 0 saturated carbocycles. The van der Waals surface area contributed by atoms with Gasteiger partial charge in [0.25, 0.3) is 5.91 Å². The van der Waals surface area contributed by atoms with Crippen LogP contribution in [-0.4, -0.2) is 10.9 Å². The summed E-state index contributed by atoms with van der Waals surface area (Å²) >= 11 is 21.2. The maximum absolute atomic E-state index is 12.1. The minimum atomic E-state index is -0.404. The summed E-state index contributed by atoms with van der Waals surface area (Å²) in [5.41, 5.74) is 0.635. The second-order valence-electron chi connectivity index (χ2n) is 3.55. The highest BCUT2D eigenvalue weighted by molar-refractivity contribution is 9.10. The van der Waals surface area contributed by atoms with Gasteiger partial charge in [-0.3, -0.25) is 9.78 Å². The van der Waals surface area contributed by atoms with Crippen molar-refractivity contribution in [2.45, 2.75) is 0 Å². The Bertz CT molecular complexity index is 626. The van der Waals surface area contributed by atoms with Crippen molar-refractivity contribution in [1.82, 2.24) is 4.98 Å². The lowest BCUT2D eigenvalue weighted by Gasteiger charge is -2.10. The molecule has 0 unspecified atom stereocenters. The van der Waals surface area contributed by atoms with Crippen molar-refractivity contribution in [2.24, 2.45) is 0 Å². The van der Waals surface area contributed by atoms with Crippen molar-refractivity contribution in [1.29, 1.82) is 0 Å². The third-order valence-corrected chi connectivity index (χ3v) is 3.62. The van der Waals surface area contributed by atoms with Crippen molar-refractivity contribution in [3.63, 3.8) is 0 Å². The molecule has 0 saturated heterocycles. The Morgan fingerprint density at radius 1 is 1.16 bits per heavy atom. The normalized spacial score (nSPS) is 10.3. The topological polar surface area (TPSA) is 42.0 Å². The van der Waals surface area contributed by atoms with Gasteiger partial charge in [-0.05, 0) is 18.2 Å². The lowest BCUT2D eigenvalue weighted by atomic mass is 10.2. The van der Waals surface area contributed by atoms with Gasteiger partial charge in [0.2, 0.25) is 0 Å². The van der Waals surface area contributed by atoms with E-state index in [0.717, 1.165) is 4.47 Å². The summed E-state index contributed by atoms with van der Waals surface area (Å²) < 4.78 is 0.724. The van der Waals surface area contributed by atoms with Gasteiger partial charge in [-0.15, -0.1) is 0 Å². The second-order valence-corrected chi connectivity index (χ2v) is 5.69. The van der Waals surface area contributed by atoms with Crippen LogP contribution >= 0.6 is 50.7 Å². The van der Waals surface area contributed by atoms with Gasteiger partial charge in [0.1, 0.15) is 0 Å². The number of aromatic nitrogens is 1. The van der Waals surface area contributed by atoms with Gasteiger partial charge < -0.3 is 5.32 Å². The number of nitrogens with zero attached hydrogens (tertiary/aromatic N) is 1. The summed E-state index contributed by atoms with van der Waals surface area (Å²) in [6.45, 7) is 0. The average Bonchev–Trinajstić information content (AvgIpc) is 2.34. The number of anilines is 1. The standard InChI is InChI=1S/C12H6BrCl3N2O/c13-6-3-8(14)11(9(15)4-6)18-12(19)7-1-2-17-5-10(7)16/h1-5H,(H,18,19). The molecule has 0 atom stereocenters. The summed E-state index contributed by atoms with van der Waals surface area (Å²) in [5.74, 6) is -0.404. The van der Waals surface area contributed by atoms with Crippen LogP contribution in [0, 0.1) is 0 Å². The Hall–Kier alpha value is -0.810. The Morgan fingerprint density at radius 3 is 2.37 bits per heavy atom. The molecule has 0 radical (unpaired) electrons. The van der Waals surface area contributed by atoms with Crippen molar-refractivity contribution in [2.75, 3.05) is 5.32 Å². The van der Waals surface area contributed by atoms with Gasteiger partial charge in [-0.1, -0.05) is 50.7 Å². The number of amides is 1. The molecule has 98 valence electrons. The molecular formula is C12H6BrCl3N2O. The zero-order valence-electron chi connectivity index (χ0n) is 9.25. The van der Waals surface area contributed by atoms with E-state index in [2.05, 4.69) is 26.2 Å². The summed E-state index contributed by atoms with van der Waals surface area (Å²) in [6, 6.07) is 4.78. The second kappa shape index (κ2) is 6.09. The molecule has 1 amide bonds. The molecule has 1 aromatic carbocycles. The fraction of sp³-hybridized carbons (Fsp3) is 0. The first-order chi connectivity index (χ1) is 8.99. The first kappa shape index (κ1) is 14.6. The number of hydrogen-bond donors (Lipinski definition) is 1.